The number of anilines is 1. The number of rotatable bonds is 10. The molecule has 0 heterocycles. The number of hydrogen-bond acceptors (Lipinski definition) is 1. The minimum Gasteiger partial charge on any atom is -0.378 e. The molecule has 0 bridgehead atoms. The van der Waals surface area contributed by atoms with E-state index in [0.717, 1.165) is 0 Å². The molecule has 0 aromatic heterocycles. The van der Waals surface area contributed by atoms with Gasteiger partial charge in [-0.25, -0.2) is 0 Å². The first kappa shape index (κ1) is 21.4. The van der Waals surface area contributed by atoms with E-state index in [4.69, 9.17) is 0 Å². The second kappa shape index (κ2) is 10.5. The molecule has 0 unspecified atom stereocenters. The Morgan fingerprint density at radius 2 is 1.13 bits per heavy atom. The summed E-state index contributed by atoms with van der Waals surface area (Å²) in [6, 6.07) is 29.1. The second-order valence-electron chi connectivity index (χ2n) is 8.98. The zero-order chi connectivity index (χ0) is 21.5. The summed E-state index contributed by atoms with van der Waals surface area (Å²) in [7, 11) is 4.19. The molecule has 31 heavy (non-hydrogen) atoms. The van der Waals surface area contributed by atoms with Crippen LogP contribution in [0, 0.1) is 0 Å². The Kier molecular flexibility index (Phi) is 7.25. The first-order valence-electron chi connectivity index (χ1n) is 11.9. The third-order valence-electron chi connectivity index (χ3n) is 6.47. The van der Waals surface area contributed by atoms with Crippen LogP contribution in [-0.2, 0) is 12.8 Å². The van der Waals surface area contributed by atoms with E-state index in [0.29, 0.717) is 0 Å². The zero-order valence-corrected chi connectivity index (χ0v) is 19.1. The van der Waals surface area contributed by atoms with Gasteiger partial charge in [0.1, 0.15) is 0 Å². The minimum atomic E-state index is 1.18. The van der Waals surface area contributed by atoms with Crippen LogP contribution in [0.2, 0.25) is 0 Å². The number of nitrogens with zero attached hydrogens (tertiary/aromatic N) is 1. The molecule has 0 amide bonds. The molecule has 4 aromatic rings. The summed E-state index contributed by atoms with van der Waals surface area (Å²) in [5.74, 6) is 0. The van der Waals surface area contributed by atoms with Gasteiger partial charge < -0.3 is 4.90 Å². The van der Waals surface area contributed by atoms with Crippen LogP contribution in [0.5, 0.6) is 0 Å². The molecule has 0 atom stereocenters. The Balaban J connectivity index is 1.21. The lowest BCUT2D eigenvalue weighted by Gasteiger charge is -2.12. The van der Waals surface area contributed by atoms with Crippen molar-refractivity contribution in [3.63, 3.8) is 0 Å². The predicted molar refractivity (Wildman–Crippen MR) is 137 cm³/mol. The van der Waals surface area contributed by atoms with Gasteiger partial charge in [-0.3, -0.25) is 0 Å². The summed E-state index contributed by atoms with van der Waals surface area (Å²) in [4.78, 5) is 2.16. The van der Waals surface area contributed by atoms with E-state index in [1.165, 1.54) is 89.7 Å². The molecule has 0 aliphatic carbocycles. The fourth-order valence-electron chi connectivity index (χ4n) is 4.65. The Morgan fingerprint density at radius 1 is 0.548 bits per heavy atom. The fraction of sp³-hybridized carbons (Fsp3) is 0.333. The average Bonchev–Trinajstić information content (AvgIpc) is 2.81. The van der Waals surface area contributed by atoms with Gasteiger partial charge in [0.25, 0.3) is 0 Å². The molecule has 0 saturated heterocycles. The molecule has 0 aliphatic rings. The van der Waals surface area contributed by atoms with Crippen molar-refractivity contribution in [2.24, 2.45) is 0 Å². The molecular weight excluding hydrogens is 374 g/mol. The highest BCUT2D eigenvalue weighted by atomic mass is 15.1. The lowest BCUT2D eigenvalue weighted by Crippen LogP contribution is -2.08. The maximum absolute atomic E-state index is 2.42. The highest BCUT2D eigenvalue weighted by Crippen LogP contribution is 2.29. The highest BCUT2D eigenvalue weighted by Gasteiger charge is 2.06. The van der Waals surface area contributed by atoms with Crippen LogP contribution < -0.4 is 4.90 Å². The number of aryl methyl sites for hydroxylation is 2. The van der Waals surface area contributed by atoms with Gasteiger partial charge in [-0.2, -0.15) is 0 Å². The van der Waals surface area contributed by atoms with Gasteiger partial charge in [0.15, 0.2) is 0 Å². The Morgan fingerprint density at radius 3 is 1.84 bits per heavy atom. The van der Waals surface area contributed by atoms with E-state index in [-0.39, 0.29) is 0 Å². The van der Waals surface area contributed by atoms with Crippen LogP contribution in [0.15, 0.2) is 78.9 Å². The van der Waals surface area contributed by atoms with Gasteiger partial charge in [-0.05, 0) is 70.5 Å². The topological polar surface area (TPSA) is 3.24 Å². The van der Waals surface area contributed by atoms with Crippen LogP contribution in [0.3, 0.4) is 0 Å². The standard InChI is InChI=1S/C30H35N/c1-31(2)27-21-19-24(20-22-27)13-7-5-3-4-6-8-14-25-23-26-15-9-10-16-28(26)30-18-12-11-17-29(25)30/h9-12,15-23H,3-8,13-14H2,1-2H3. The first-order chi connectivity index (χ1) is 15.2. The summed E-state index contributed by atoms with van der Waals surface area (Å²) in [6.45, 7) is 0. The monoisotopic (exact) mass is 409 g/mol. The fourth-order valence-corrected chi connectivity index (χ4v) is 4.65. The second-order valence-corrected chi connectivity index (χ2v) is 8.98. The largest absolute Gasteiger partial charge is 0.378 e. The number of fused-ring (bicyclic) bond motifs is 3. The third kappa shape index (κ3) is 5.47. The van der Waals surface area contributed by atoms with Crippen LogP contribution in [0.25, 0.3) is 21.5 Å². The van der Waals surface area contributed by atoms with E-state index < -0.39 is 0 Å². The van der Waals surface area contributed by atoms with Gasteiger partial charge in [-0.1, -0.05) is 92.4 Å². The van der Waals surface area contributed by atoms with Crippen molar-refractivity contribution in [2.75, 3.05) is 19.0 Å². The van der Waals surface area contributed by atoms with Crippen molar-refractivity contribution in [1.82, 2.24) is 0 Å². The van der Waals surface area contributed by atoms with Crippen molar-refractivity contribution in [2.45, 2.75) is 51.4 Å². The molecule has 0 aliphatic heterocycles. The highest BCUT2D eigenvalue weighted by molar-refractivity contribution is 6.08. The van der Waals surface area contributed by atoms with Crippen molar-refractivity contribution in [3.8, 4) is 0 Å². The summed E-state index contributed by atoms with van der Waals surface area (Å²) in [5, 5.41) is 5.57. The van der Waals surface area contributed by atoms with E-state index in [9.17, 15) is 0 Å². The van der Waals surface area contributed by atoms with Crippen molar-refractivity contribution >= 4 is 27.2 Å². The van der Waals surface area contributed by atoms with Crippen molar-refractivity contribution < 1.29 is 0 Å². The van der Waals surface area contributed by atoms with Gasteiger partial charge >= 0.3 is 0 Å². The minimum absolute atomic E-state index is 1.18. The number of benzene rings is 4. The summed E-state index contributed by atoms with van der Waals surface area (Å²) in [6.07, 6.45) is 10.4. The summed E-state index contributed by atoms with van der Waals surface area (Å²) < 4.78 is 0. The quantitative estimate of drug-likeness (QED) is 0.188. The Bertz CT molecular complexity index is 1110. The maximum atomic E-state index is 2.42. The van der Waals surface area contributed by atoms with E-state index in [2.05, 4.69) is 97.9 Å². The lowest BCUT2D eigenvalue weighted by molar-refractivity contribution is 0.594. The number of hydrogen-bond donors (Lipinski definition) is 0. The Hall–Kier alpha value is -2.80. The lowest BCUT2D eigenvalue weighted by atomic mass is 9.94. The smallest absolute Gasteiger partial charge is 0.0361 e. The average molecular weight is 410 g/mol. The third-order valence-corrected chi connectivity index (χ3v) is 6.47. The molecule has 0 fully saturated rings. The summed E-state index contributed by atoms with van der Waals surface area (Å²) in [5.41, 5.74) is 4.26. The SMILES string of the molecule is CN(C)c1ccc(CCCCCCCCc2cc3ccccc3c3ccccc23)cc1. The normalized spacial score (nSPS) is 11.3. The van der Waals surface area contributed by atoms with Gasteiger partial charge in [0.2, 0.25) is 0 Å². The molecule has 0 spiro atoms. The van der Waals surface area contributed by atoms with Crippen LogP contribution >= 0.6 is 0 Å². The van der Waals surface area contributed by atoms with E-state index in [1.54, 1.807) is 0 Å². The maximum Gasteiger partial charge on any atom is 0.0361 e. The molecule has 0 saturated carbocycles. The van der Waals surface area contributed by atoms with Gasteiger partial charge in [-0.15, -0.1) is 0 Å². The number of unbranched alkanes of at least 4 members (excludes halogenated alkanes) is 5. The molecule has 1 nitrogen and oxygen atoms in total. The predicted octanol–water partition coefficient (Wildman–Crippen LogP) is 8.18. The molecule has 0 radical (unpaired) electrons. The molecule has 1 heteroatoms. The molecule has 4 aromatic carbocycles. The molecule has 4 rings (SSSR count). The molecular formula is C30H35N. The molecule has 0 N–H and O–H groups in total. The van der Waals surface area contributed by atoms with E-state index >= 15 is 0 Å². The van der Waals surface area contributed by atoms with Gasteiger partial charge in [0.05, 0.1) is 0 Å². The first-order valence-corrected chi connectivity index (χ1v) is 11.9. The van der Waals surface area contributed by atoms with Gasteiger partial charge in [0, 0.05) is 19.8 Å². The molecule has 160 valence electrons. The van der Waals surface area contributed by atoms with Crippen molar-refractivity contribution in [3.05, 3.63) is 90.0 Å². The summed E-state index contributed by atoms with van der Waals surface area (Å²) >= 11 is 0. The zero-order valence-electron chi connectivity index (χ0n) is 19.1. The Labute approximate surface area is 187 Å². The van der Waals surface area contributed by atoms with Crippen LogP contribution in [-0.4, -0.2) is 14.1 Å². The van der Waals surface area contributed by atoms with Crippen molar-refractivity contribution in [1.29, 1.82) is 0 Å². The van der Waals surface area contributed by atoms with E-state index in [1.807, 2.05) is 0 Å². The van der Waals surface area contributed by atoms with Crippen LogP contribution in [0.4, 0.5) is 5.69 Å². The van der Waals surface area contributed by atoms with Crippen LogP contribution in [0.1, 0.15) is 49.7 Å².